The van der Waals surface area contributed by atoms with Gasteiger partial charge in [0.1, 0.15) is 5.75 Å². The monoisotopic (exact) mass is 467 g/mol. The number of rotatable bonds is 7. The van der Waals surface area contributed by atoms with Crippen LogP contribution in [-0.4, -0.2) is 40.1 Å². The fraction of sp³-hybridized carbons (Fsp3) is 0.185. The molecule has 0 spiro atoms. The van der Waals surface area contributed by atoms with Crippen LogP contribution in [0.1, 0.15) is 13.3 Å². The molecule has 176 valence electrons. The van der Waals surface area contributed by atoms with Crippen molar-refractivity contribution < 1.29 is 14.3 Å². The third kappa shape index (κ3) is 4.63. The molecule has 1 unspecified atom stereocenters. The van der Waals surface area contributed by atoms with E-state index in [0.29, 0.717) is 35.4 Å². The van der Waals surface area contributed by atoms with Crippen molar-refractivity contribution in [3.63, 3.8) is 0 Å². The molecular formula is C27H25N5O3. The van der Waals surface area contributed by atoms with Crippen molar-refractivity contribution >= 4 is 23.2 Å². The van der Waals surface area contributed by atoms with Crippen LogP contribution in [0.4, 0.5) is 11.4 Å². The van der Waals surface area contributed by atoms with Crippen molar-refractivity contribution in [2.45, 2.75) is 13.3 Å². The zero-order valence-electron chi connectivity index (χ0n) is 19.3. The molecule has 1 aliphatic rings. The largest absolute Gasteiger partial charge is 0.492 e. The third-order valence-electron chi connectivity index (χ3n) is 5.91. The van der Waals surface area contributed by atoms with Crippen molar-refractivity contribution in [1.29, 1.82) is 0 Å². The van der Waals surface area contributed by atoms with Crippen LogP contribution in [0.2, 0.25) is 0 Å². The predicted molar refractivity (Wildman–Crippen MR) is 134 cm³/mol. The third-order valence-corrected chi connectivity index (χ3v) is 5.91. The maximum absolute atomic E-state index is 13.2. The molecule has 1 aliphatic heterocycles. The molecule has 35 heavy (non-hydrogen) atoms. The highest BCUT2D eigenvalue weighted by molar-refractivity contribution is 6.05. The molecular weight excluding hydrogens is 442 g/mol. The van der Waals surface area contributed by atoms with E-state index in [2.05, 4.69) is 20.5 Å². The van der Waals surface area contributed by atoms with Gasteiger partial charge >= 0.3 is 0 Å². The summed E-state index contributed by atoms with van der Waals surface area (Å²) >= 11 is 0. The molecule has 0 bridgehead atoms. The lowest BCUT2D eigenvalue weighted by molar-refractivity contribution is -0.122. The molecule has 4 aromatic rings. The topological polar surface area (TPSA) is 100 Å². The van der Waals surface area contributed by atoms with E-state index in [1.54, 1.807) is 4.90 Å². The average Bonchev–Trinajstić information content (AvgIpc) is 3.53. The minimum atomic E-state index is -0.486. The van der Waals surface area contributed by atoms with E-state index < -0.39 is 5.92 Å². The van der Waals surface area contributed by atoms with Crippen molar-refractivity contribution in [2.75, 3.05) is 23.4 Å². The summed E-state index contributed by atoms with van der Waals surface area (Å²) in [5.41, 5.74) is 2.91. The van der Waals surface area contributed by atoms with Gasteiger partial charge in [-0.3, -0.25) is 14.7 Å². The number of para-hydroxylation sites is 3. The van der Waals surface area contributed by atoms with Gasteiger partial charge in [0, 0.05) is 24.1 Å². The van der Waals surface area contributed by atoms with Gasteiger partial charge in [-0.25, -0.2) is 4.98 Å². The average molecular weight is 468 g/mol. The van der Waals surface area contributed by atoms with Crippen LogP contribution < -0.4 is 15.0 Å². The molecule has 0 aliphatic carbocycles. The summed E-state index contributed by atoms with van der Waals surface area (Å²) in [5, 5.41) is 10.3. The Kier molecular flexibility index (Phi) is 6.26. The van der Waals surface area contributed by atoms with Crippen molar-refractivity contribution in [3.8, 4) is 28.5 Å². The van der Waals surface area contributed by atoms with Crippen molar-refractivity contribution in [3.05, 3.63) is 78.9 Å². The molecule has 0 saturated carbocycles. The highest BCUT2D eigenvalue weighted by Gasteiger charge is 2.36. The molecule has 2 N–H and O–H groups in total. The van der Waals surface area contributed by atoms with Gasteiger partial charge in [0.15, 0.2) is 11.6 Å². The van der Waals surface area contributed by atoms with Crippen molar-refractivity contribution in [1.82, 2.24) is 15.2 Å². The number of amides is 2. The Morgan fingerprint density at radius 3 is 2.63 bits per heavy atom. The van der Waals surface area contributed by atoms with Gasteiger partial charge < -0.3 is 15.0 Å². The number of carbonyl (C=O) groups excluding carboxylic acids is 2. The molecule has 5 rings (SSSR count). The SMILES string of the molecule is CCOc1ccccc1N1CC(C(=O)Nc2ccccc2-c2nc(-c3ccccc3)n[nH]2)CC1=O. The Morgan fingerprint density at radius 2 is 1.80 bits per heavy atom. The predicted octanol–water partition coefficient (Wildman–Crippen LogP) is 4.53. The standard InChI is InChI=1S/C27H25N5O3/c1-2-35-23-15-9-8-14-22(23)32-17-19(16-24(32)33)27(34)28-21-13-7-6-12-20(21)26-29-25(30-31-26)18-10-4-3-5-11-18/h3-15,19H,2,16-17H2,1H3,(H,28,34)(H,29,30,31). The van der Waals surface area contributed by atoms with Crippen LogP contribution in [0.3, 0.4) is 0 Å². The summed E-state index contributed by atoms with van der Waals surface area (Å²) < 4.78 is 5.68. The van der Waals surface area contributed by atoms with E-state index >= 15 is 0 Å². The second-order valence-corrected chi connectivity index (χ2v) is 8.21. The Labute approximate surface area is 203 Å². The highest BCUT2D eigenvalue weighted by Crippen LogP contribution is 2.34. The first kappa shape index (κ1) is 22.3. The van der Waals surface area contributed by atoms with Crippen LogP contribution in [0.25, 0.3) is 22.8 Å². The first-order chi connectivity index (χ1) is 17.1. The molecule has 0 radical (unpaired) electrons. The summed E-state index contributed by atoms with van der Waals surface area (Å²) in [6.45, 7) is 2.68. The maximum Gasteiger partial charge on any atom is 0.229 e. The number of nitrogens with zero attached hydrogens (tertiary/aromatic N) is 3. The minimum absolute atomic E-state index is 0.103. The summed E-state index contributed by atoms with van der Waals surface area (Å²) in [7, 11) is 0. The number of hydrogen-bond donors (Lipinski definition) is 2. The summed E-state index contributed by atoms with van der Waals surface area (Å²) in [4.78, 5) is 32.2. The summed E-state index contributed by atoms with van der Waals surface area (Å²) in [5.74, 6) is 0.952. The van der Waals surface area contributed by atoms with Gasteiger partial charge in [-0.15, -0.1) is 0 Å². The second kappa shape index (κ2) is 9.80. The number of benzene rings is 3. The summed E-state index contributed by atoms with van der Waals surface area (Å²) in [6.07, 6.45) is 0.134. The van der Waals surface area contributed by atoms with Crippen LogP contribution in [-0.2, 0) is 9.59 Å². The van der Waals surface area contributed by atoms with Gasteiger partial charge in [-0.1, -0.05) is 54.6 Å². The Hall–Kier alpha value is -4.46. The van der Waals surface area contributed by atoms with Gasteiger partial charge in [-0.2, -0.15) is 5.10 Å². The van der Waals surface area contributed by atoms with Gasteiger partial charge in [-0.05, 0) is 31.2 Å². The summed E-state index contributed by atoms with van der Waals surface area (Å²) in [6, 6.07) is 24.5. The smallest absolute Gasteiger partial charge is 0.229 e. The Bertz CT molecular complexity index is 1350. The lowest BCUT2D eigenvalue weighted by Crippen LogP contribution is -2.28. The van der Waals surface area contributed by atoms with Crippen molar-refractivity contribution in [2.24, 2.45) is 5.92 Å². The number of nitrogens with one attached hydrogen (secondary N) is 2. The van der Waals surface area contributed by atoms with E-state index in [1.165, 1.54) is 0 Å². The number of hydrogen-bond acceptors (Lipinski definition) is 5. The fourth-order valence-corrected chi connectivity index (χ4v) is 4.21. The molecule has 1 saturated heterocycles. The number of carbonyl (C=O) groups is 2. The second-order valence-electron chi connectivity index (χ2n) is 8.21. The molecule has 3 aromatic carbocycles. The van der Waals surface area contributed by atoms with E-state index in [0.717, 1.165) is 11.1 Å². The highest BCUT2D eigenvalue weighted by atomic mass is 16.5. The lowest BCUT2D eigenvalue weighted by atomic mass is 10.1. The molecule has 8 heteroatoms. The first-order valence-corrected chi connectivity index (χ1v) is 11.5. The quantitative estimate of drug-likeness (QED) is 0.416. The number of H-pyrrole nitrogens is 1. The lowest BCUT2D eigenvalue weighted by Gasteiger charge is -2.20. The zero-order chi connectivity index (χ0) is 24.2. The fourth-order valence-electron chi connectivity index (χ4n) is 4.21. The van der Waals surface area contributed by atoms with Gasteiger partial charge in [0.25, 0.3) is 0 Å². The zero-order valence-corrected chi connectivity index (χ0v) is 19.3. The molecule has 1 atom stereocenters. The van der Waals surface area contributed by atoms with Crippen LogP contribution in [0, 0.1) is 5.92 Å². The molecule has 8 nitrogen and oxygen atoms in total. The van der Waals surface area contributed by atoms with Gasteiger partial charge in [0.2, 0.25) is 11.8 Å². The first-order valence-electron chi connectivity index (χ1n) is 11.5. The minimum Gasteiger partial charge on any atom is -0.492 e. The number of aromatic amines is 1. The van der Waals surface area contributed by atoms with Gasteiger partial charge in [0.05, 0.1) is 23.9 Å². The number of anilines is 2. The Morgan fingerprint density at radius 1 is 1.06 bits per heavy atom. The van der Waals surface area contributed by atoms with E-state index in [1.807, 2.05) is 85.8 Å². The number of aromatic nitrogens is 3. The van der Waals surface area contributed by atoms with E-state index in [9.17, 15) is 9.59 Å². The Balaban J connectivity index is 1.34. The maximum atomic E-state index is 13.2. The van der Waals surface area contributed by atoms with Crippen LogP contribution in [0.15, 0.2) is 78.9 Å². The normalized spacial score (nSPS) is 15.3. The molecule has 2 heterocycles. The van der Waals surface area contributed by atoms with E-state index in [-0.39, 0.29) is 24.8 Å². The van der Waals surface area contributed by atoms with E-state index in [4.69, 9.17) is 4.74 Å². The van der Waals surface area contributed by atoms with Crippen LogP contribution >= 0.6 is 0 Å². The molecule has 1 fully saturated rings. The molecule has 1 aromatic heterocycles. The van der Waals surface area contributed by atoms with Crippen LogP contribution in [0.5, 0.6) is 5.75 Å². The molecule has 2 amide bonds. The number of ether oxygens (including phenoxy) is 1.